The predicted molar refractivity (Wildman–Crippen MR) is 164 cm³/mol. The van der Waals surface area contributed by atoms with Crippen molar-refractivity contribution in [1.29, 1.82) is 0 Å². The van der Waals surface area contributed by atoms with Crippen LogP contribution in [0.15, 0.2) is 91.0 Å². The summed E-state index contributed by atoms with van der Waals surface area (Å²) in [7, 11) is -2.57. The molecule has 0 radical (unpaired) electrons. The van der Waals surface area contributed by atoms with Crippen molar-refractivity contribution in [2.75, 3.05) is 13.2 Å². The Balaban J connectivity index is 1.24. The van der Waals surface area contributed by atoms with E-state index in [4.69, 9.17) is 18.6 Å². The van der Waals surface area contributed by atoms with E-state index in [0.29, 0.717) is 19.8 Å². The Morgan fingerprint density at radius 3 is 2.02 bits per heavy atom. The minimum absolute atomic E-state index is 0.0361. The summed E-state index contributed by atoms with van der Waals surface area (Å²) in [6.07, 6.45) is 5.25. The fraction of sp³-hybridized carbons (Fsp3) is 0.486. The van der Waals surface area contributed by atoms with Gasteiger partial charge in [0.15, 0.2) is 5.79 Å². The van der Waals surface area contributed by atoms with E-state index in [1.807, 2.05) is 18.2 Å². The van der Waals surface area contributed by atoms with Crippen molar-refractivity contribution < 1.29 is 18.6 Å². The number of rotatable bonds is 10. The first-order chi connectivity index (χ1) is 19.3. The molecule has 2 heterocycles. The van der Waals surface area contributed by atoms with Gasteiger partial charge in [-0.3, -0.25) is 0 Å². The molecule has 2 aliphatic heterocycles. The van der Waals surface area contributed by atoms with Gasteiger partial charge in [0.25, 0.3) is 8.32 Å². The molecule has 214 valence electrons. The first kappa shape index (κ1) is 29.2. The first-order valence-electron chi connectivity index (χ1n) is 15.0. The van der Waals surface area contributed by atoms with Crippen LogP contribution in [-0.4, -0.2) is 39.5 Å². The monoisotopic (exact) mass is 558 g/mol. The zero-order valence-corrected chi connectivity index (χ0v) is 25.7. The van der Waals surface area contributed by atoms with E-state index in [-0.39, 0.29) is 23.2 Å². The Bertz CT molecular complexity index is 1140. The molecule has 0 aromatic heterocycles. The van der Waals surface area contributed by atoms with Gasteiger partial charge in [0.05, 0.1) is 25.4 Å². The molecule has 0 N–H and O–H groups in total. The highest BCUT2D eigenvalue weighted by molar-refractivity contribution is 6.99. The van der Waals surface area contributed by atoms with E-state index in [9.17, 15) is 0 Å². The summed E-state index contributed by atoms with van der Waals surface area (Å²) in [5.41, 5.74) is 1.19. The molecular formula is C35H46O4Si. The van der Waals surface area contributed by atoms with Gasteiger partial charge in [-0.2, -0.15) is 0 Å². The van der Waals surface area contributed by atoms with Crippen molar-refractivity contribution in [1.82, 2.24) is 0 Å². The molecule has 0 unspecified atom stereocenters. The summed E-state index contributed by atoms with van der Waals surface area (Å²) in [6, 6.07) is 32.1. The molecular weight excluding hydrogens is 512 g/mol. The quantitative estimate of drug-likeness (QED) is 0.255. The average Bonchev–Trinajstić information content (AvgIpc) is 3.35. The van der Waals surface area contributed by atoms with Crippen molar-refractivity contribution in [3.8, 4) is 0 Å². The average molecular weight is 559 g/mol. The van der Waals surface area contributed by atoms with Gasteiger partial charge in [0, 0.05) is 25.4 Å². The van der Waals surface area contributed by atoms with Crippen LogP contribution in [0.1, 0.15) is 65.4 Å². The zero-order chi connectivity index (χ0) is 28.1. The highest BCUT2D eigenvalue weighted by Crippen LogP contribution is 2.43. The summed E-state index contributed by atoms with van der Waals surface area (Å²) in [5.74, 6) is -0.217. The largest absolute Gasteiger partial charge is 0.407 e. The Labute approximate surface area is 242 Å². The van der Waals surface area contributed by atoms with E-state index in [1.165, 1.54) is 15.9 Å². The Hall–Kier alpha value is -2.28. The fourth-order valence-electron chi connectivity index (χ4n) is 6.57. The smallest absolute Gasteiger partial charge is 0.261 e. The van der Waals surface area contributed by atoms with E-state index >= 15 is 0 Å². The minimum Gasteiger partial charge on any atom is -0.407 e. The van der Waals surface area contributed by atoms with Crippen LogP contribution in [0.5, 0.6) is 0 Å². The number of hydrogen-bond acceptors (Lipinski definition) is 4. The molecule has 0 aliphatic carbocycles. The van der Waals surface area contributed by atoms with Crippen molar-refractivity contribution >= 4 is 18.7 Å². The summed E-state index contributed by atoms with van der Waals surface area (Å²) >= 11 is 0. The predicted octanol–water partition coefficient (Wildman–Crippen LogP) is 6.86. The lowest BCUT2D eigenvalue weighted by molar-refractivity contribution is -0.282. The van der Waals surface area contributed by atoms with Crippen molar-refractivity contribution in [2.24, 2.45) is 5.92 Å². The van der Waals surface area contributed by atoms with E-state index in [2.05, 4.69) is 100 Å². The molecule has 5 heteroatoms. The molecule has 3 aromatic carbocycles. The maximum Gasteiger partial charge on any atom is 0.261 e. The van der Waals surface area contributed by atoms with Crippen LogP contribution < -0.4 is 10.4 Å². The second kappa shape index (κ2) is 12.7. The number of ether oxygens (including phenoxy) is 3. The van der Waals surface area contributed by atoms with Gasteiger partial charge in [-0.1, -0.05) is 119 Å². The number of hydrogen-bond donors (Lipinski definition) is 0. The van der Waals surface area contributed by atoms with E-state index in [0.717, 1.165) is 32.1 Å². The lowest BCUT2D eigenvalue weighted by Gasteiger charge is -2.45. The van der Waals surface area contributed by atoms with Gasteiger partial charge in [-0.25, -0.2) is 0 Å². The third kappa shape index (κ3) is 6.45. The highest BCUT2D eigenvalue weighted by Gasteiger charge is 2.51. The second-order valence-electron chi connectivity index (χ2n) is 12.7. The molecule has 4 nitrogen and oxygen atoms in total. The maximum atomic E-state index is 7.25. The molecule has 0 saturated carbocycles. The van der Waals surface area contributed by atoms with Crippen LogP contribution in [0.4, 0.5) is 0 Å². The molecule has 2 saturated heterocycles. The minimum atomic E-state index is -2.57. The SMILES string of the molecule is C[C@@H](CO[Si](c1ccccc1)(c1ccccc1)C(C)(C)C)[C@@H]1CCC[C@]2(CC[C@@H](COCc3ccccc3)O2)O1. The van der Waals surface area contributed by atoms with Crippen LogP contribution in [0.25, 0.3) is 0 Å². The topological polar surface area (TPSA) is 36.9 Å². The van der Waals surface area contributed by atoms with Crippen LogP contribution in [0.3, 0.4) is 0 Å². The van der Waals surface area contributed by atoms with Crippen LogP contribution in [0, 0.1) is 5.92 Å². The van der Waals surface area contributed by atoms with Gasteiger partial charge in [-0.15, -0.1) is 0 Å². The van der Waals surface area contributed by atoms with Gasteiger partial charge in [0.1, 0.15) is 0 Å². The highest BCUT2D eigenvalue weighted by atomic mass is 28.4. The van der Waals surface area contributed by atoms with Crippen molar-refractivity contribution in [3.63, 3.8) is 0 Å². The molecule has 2 aliphatic rings. The third-order valence-electron chi connectivity index (χ3n) is 8.67. The molecule has 5 rings (SSSR count). The van der Waals surface area contributed by atoms with E-state index in [1.54, 1.807) is 0 Å². The van der Waals surface area contributed by atoms with Crippen LogP contribution in [-0.2, 0) is 25.2 Å². The maximum absolute atomic E-state index is 7.25. The number of benzene rings is 3. The summed E-state index contributed by atoms with van der Waals surface area (Å²) < 4.78 is 26.6. The zero-order valence-electron chi connectivity index (χ0n) is 24.7. The molecule has 3 aromatic rings. The van der Waals surface area contributed by atoms with Gasteiger partial charge in [-0.05, 0) is 40.2 Å². The lowest BCUT2D eigenvalue weighted by Crippen LogP contribution is -2.67. The molecule has 4 atom stereocenters. The lowest BCUT2D eigenvalue weighted by atomic mass is 9.93. The molecule has 1 spiro atoms. The summed E-state index contributed by atoms with van der Waals surface area (Å²) in [5, 5.41) is 2.60. The van der Waals surface area contributed by atoms with E-state index < -0.39 is 14.1 Å². The molecule has 2 fully saturated rings. The summed E-state index contributed by atoms with van der Waals surface area (Å²) in [6.45, 7) is 11.2. The van der Waals surface area contributed by atoms with Gasteiger partial charge in [0.2, 0.25) is 0 Å². The third-order valence-corrected chi connectivity index (χ3v) is 13.7. The molecule has 0 amide bonds. The summed E-state index contributed by atoms with van der Waals surface area (Å²) in [4.78, 5) is 0. The standard InChI is InChI=1S/C35H46O4Si/c1-28(25-37-40(34(2,3)4,31-17-10-6-11-18-31)32-19-12-7-13-20-32)33-21-14-23-35(39-33)24-22-30(38-35)27-36-26-29-15-8-5-9-16-29/h5-13,15-20,28,30,33H,14,21-27H2,1-4H3/t28-,30-,33-,35+/m0/s1. The molecule has 40 heavy (non-hydrogen) atoms. The van der Waals surface area contributed by atoms with Crippen LogP contribution >= 0.6 is 0 Å². The van der Waals surface area contributed by atoms with Crippen molar-refractivity contribution in [3.05, 3.63) is 96.6 Å². The Kier molecular flexibility index (Phi) is 9.28. The molecule has 0 bridgehead atoms. The fourth-order valence-corrected chi connectivity index (χ4v) is 11.2. The van der Waals surface area contributed by atoms with Crippen molar-refractivity contribution in [2.45, 2.75) is 89.4 Å². The van der Waals surface area contributed by atoms with Crippen LogP contribution in [0.2, 0.25) is 5.04 Å². The van der Waals surface area contributed by atoms with Gasteiger partial charge < -0.3 is 18.6 Å². The Morgan fingerprint density at radius 2 is 1.43 bits per heavy atom. The Morgan fingerprint density at radius 1 is 0.825 bits per heavy atom. The normalized spacial score (nSPS) is 24.3. The van der Waals surface area contributed by atoms with Gasteiger partial charge >= 0.3 is 0 Å². The second-order valence-corrected chi connectivity index (χ2v) is 17.0. The first-order valence-corrected chi connectivity index (χ1v) is 16.9.